The molecule has 0 radical (unpaired) electrons. The van der Waals surface area contributed by atoms with Gasteiger partial charge in [-0.25, -0.2) is 0 Å². The van der Waals surface area contributed by atoms with E-state index in [0.717, 1.165) is 22.9 Å². The van der Waals surface area contributed by atoms with E-state index < -0.39 is 6.04 Å². The van der Waals surface area contributed by atoms with E-state index in [4.69, 9.17) is 5.73 Å². The van der Waals surface area contributed by atoms with E-state index >= 15 is 0 Å². The van der Waals surface area contributed by atoms with Gasteiger partial charge in [-0.15, -0.1) is 0 Å². The fourth-order valence-electron chi connectivity index (χ4n) is 1.93. The van der Waals surface area contributed by atoms with Gasteiger partial charge in [0.05, 0.1) is 6.04 Å². The average Bonchev–Trinajstić information content (AvgIpc) is 2.43. The summed E-state index contributed by atoms with van der Waals surface area (Å²) in [6, 6.07) is 13.4. The summed E-state index contributed by atoms with van der Waals surface area (Å²) >= 11 is 1.71. The topological polar surface area (TPSA) is 43.1 Å². The number of nitrogens with two attached hydrogens (primary N) is 1. The number of hydrogen-bond acceptors (Lipinski definition) is 3. The molecule has 0 saturated carbocycles. The molecule has 0 amide bonds. The fraction of sp³-hybridized carbons (Fsp3) is 0.267. The minimum Gasteiger partial charge on any atom is -0.321 e. The van der Waals surface area contributed by atoms with Crippen LogP contribution in [0.2, 0.25) is 0 Å². The molecule has 2 nitrogen and oxygen atoms in total. The zero-order valence-electron chi connectivity index (χ0n) is 10.4. The van der Waals surface area contributed by atoms with Crippen LogP contribution in [0.4, 0.5) is 0 Å². The number of carbonyl (C=O) groups excluding carboxylic acids is 1. The molecule has 94 valence electrons. The monoisotopic (exact) mass is 259 g/mol. The molecule has 0 spiro atoms. The zero-order valence-corrected chi connectivity index (χ0v) is 11.2. The Balaban J connectivity index is 2.22. The maximum atomic E-state index is 12.2. The Labute approximate surface area is 112 Å². The second-order valence-corrected chi connectivity index (χ2v) is 5.30. The maximum absolute atomic E-state index is 12.2. The summed E-state index contributed by atoms with van der Waals surface area (Å²) in [5, 5.41) is 2.23. The molecule has 1 atom stereocenters. The Hall–Kier alpha value is -1.32. The quantitative estimate of drug-likeness (QED) is 0.839. The molecule has 2 aromatic carbocycles. The van der Waals surface area contributed by atoms with Gasteiger partial charge in [0, 0.05) is 5.56 Å². The molecular formula is C15H17NOS. The Kier molecular flexibility index (Phi) is 4.39. The van der Waals surface area contributed by atoms with Gasteiger partial charge in [0.25, 0.3) is 0 Å². The number of Topliss-reactive ketones (excluding diaryl/α,β-unsaturated/α-hetero) is 1. The molecule has 2 aromatic rings. The van der Waals surface area contributed by atoms with Crippen molar-refractivity contribution in [3.8, 4) is 0 Å². The van der Waals surface area contributed by atoms with Crippen LogP contribution in [-0.4, -0.2) is 23.8 Å². The van der Waals surface area contributed by atoms with Gasteiger partial charge in [-0.1, -0.05) is 36.4 Å². The highest BCUT2D eigenvalue weighted by molar-refractivity contribution is 7.98. The third-order valence-corrected chi connectivity index (χ3v) is 3.65. The van der Waals surface area contributed by atoms with Crippen LogP contribution in [0.5, 0.6) is 0 Å². The second-order valence-electron chi connectivity index (χ2n) is 4.31. The smallest absolute Gasteiger partial charge is 0.179 e. The molecule has 0 aromatic heterocycles. The van der Waals surface area contributed by atoms with Crippen molar-refractivity contribution < 1.29 is 4.79 Å². The molecule has 0 heterocycles. The van der Waals surface area contributed by atoms with Gasteiger partial charge in [0.2, 0.25) is 0 Å². The Bertz CT molecular complexity index is 553. The maximum Gasteiger partial charge on any atom is 0.179 e. The van der Waals surface area contributed by atoms with Crippen LogP contribution < -0.4 is 5.73 Å². The van der Waals surface area contributed by atoms with Crippen LogP contribution >= 0.6 is 11.8 Å². The number of fused-ring (bicyclic) bond motifs is 1. The first-order valence-electron chi connectivity index (χ1n) is 6.00. The minimum atomic E-state index is -0.390. The van der Waals surface area contributed by atoms with Crippen molar-refractivity contribution in [1.29, 1.82) is 0 Å². The number of thioether (sulfide) groups is 1. The van der Waals surface area contributed by atoms with Crippen LogP contribution in [0.3, 0.4) is 0 Å². The van der Waals surface area contributed by atoms with Crippen molar-refractivity contribution >= 4 is 28.3 Å². The molecule has 0 aliphatic rings. The number of carbonyl (C=O) groups is 1. The van der Waals surface area contributed by atoms with Gasteiger partial charge < -0.3 is 5.73 Å². The van der Waals surface area contributed by atoms with Crippen LogP contribution in [0.25, 0.3) is 10.8 Å². The molecule has 0 bridgehead atoms. The standard InChI is InChI=1S/C15H17NOS/c1-18-9-8-14(16)15(17)13-7-6-11-4-2-3-5-12(11)10-13/h2-7,10,14H,8-9,16H2,1H3/t14-/m0/s1. The Morgan fingerprint density at radius 1 is 1.22 bits per heavy atom. The second kappa shape index (κ2) is 6.03. The third kappa shape index (κ3) is 2.92. The van der Waals surface area contributed by atoms with Crippen LogP contribution in [-0.2, 0) is 0 Å². The van der Waals surface area contributed by atoms with E-state index in [1.54, 1.807) is 11.8 Å². The first kappa shape index (κ1) is 13.1. The zero-order chi connectivity index (χ0) is 13.0. The van der Waals surface area contributed by atoms with Crippen LogP contribution in [0.1, 0.15) is 16.8 Å². The molecular weight excluding hydrogens is 242 g/mol. The van der Waals surface area contributed by atoms with Crippen LogP contribution in [0.15, 0.2) is 42.5 Å². The Morgan fingerprint density at radius 3 is 2.67 bits per heavy atom. The van der Waals surface area contributed by atoms with Crippen molar-refractivity contribution in [1.82, 2.24) is 0 Å². The summed E-state index contributed by atoms with van der Waals surface area (Å²) in [7, 11) is 0. The molecule has 0 fully saturated rings. The normalized spacial score (nSPS) is 12.6. The summed E-state index contributed by atoms with van der Waals surface area (Å²) in [6.07, 6.45) is 2.75. The summed E-state index contributed by atoms with van der Waals surface area (Å²) in [5.74, 6) is 0.954. The molecule has 2 rings (SSSR count). The van der Waals surface area contributed by atoms with Gasteiger partial charge in [0.1, 0.15) is 0 Å². The fourth-order valence-corrected chi connectivity index (χ4v) is 2.42. The summed E-state index contributed by atoms with van der Waals surface area (Å²) < 4.78 is 0. The number of rotatable bonds is 5. The predicted molar refractivity (Wildman–Crippen MR) is 79.3 cm³/mol. The molecule has 18 heavy (non-hydrogen) atoms. The molecule has 0 aliphatic heterocycles. The largest absolute Gasteiger partial charge is 0.321 e. The lowest BCUT2D eigenvalue weighted by Crippen LogP contribution is -2.31. The number of hydrogen-bond donors (Lipinski definition) is 1. The van der Waals surface area contributed by atoms with Crippen molar-refractivity contribution in [2.24, 2.45) is 5.73 Å². The molecule has 2 N–H and O–H groups in total. The minimum absolute atomic E-state index is 0.0369. The molecule has 0 aliphatic carbocycles. The Morgan fingerprint density at radius 2 is 1.94 bits per heavy atom. The lowest BCUT2D eigenvalue weighted by atomic mass is 10.00. The van der Waals surface area contributed by atoms with Crippen molar-refractivity contribution in [2.75, 3.05) is 12.0 Å². The van der Waals surface area contributed by atoms with E-state index in [1.807, 2.05) is 48.7 Å². The highest BCUT2D eigenvalue weighted by Crippen LogP contribution is 2.17. The van der Waals surface area contributed by atoms with Gasteiger partial charge in [-0.3, -0.25) is 4.79 Å². The van der Waals surface area contributed by atoms with Crippen molar-refractivity contribution in [3.63, 3.8) is 0 Å². The summed E-state index contributed by atoms with van der Waals surface area (Å²) in [4.78, 5) is 12.2. The third-order valence-electron chi connectivity index (χ3n) is 3.00. The number of ketones is 1. The summed E-state index contributed by atoms with van der Waals surface area (Å²) in [6.45, 7) is 0. The highest BCUT2D eigenvalue weighted by Gasteiger charge is 2.15. The molecule has 0 unspecified atom stereocenters. The first-order chi connectivity index (χ1) is 8.72. The SMILES string of the molecule is CSCC[C@H](N)C(=O)c1ccc2ccccc2c1. The lowest BCUT2D eigenvalue weighted by Gasteiger charge is -2.10. The van der Waals surface area contributed by atoms with Gasteiger partial charge in [0.15, 0.2) is 5.78 Å². The number of benzene rings is 2. The van der Waals surface area contributed by atoms with Crippen LogP contribution in [0, 0.1) is 0 Å². The van der Waals surface area contributed by atoms with E-state index in [2.05, 4.69) is 0 Å². The van der Waals surface area contributed by atoms with Gasteiger partial charge >= 0.3 is 0 Å². The van der Waals surface area contributed by atoms with E-state index in [0.29, 0.717) is 5.56 Å². The summed E-state index contributed by atoms with van der Waals surface area (Å²) in [5.41, 5.74) is 6.63. The lowest BCUT2D eigenvalue weighted by molar-refractivity contribution is 0.0960. The molecule has 3 heteroatoms. The predicted octanol–water partition coefficient (Wildman–Crippen LogP) is 3.10. The van der Waals surface area contributed by atoms with E-state index in [9.17, 15) is 4.79 Å². The van der Waals surface area contributed by atoms with E-state index in [-0.39, 0.29) is 5.78 Å². The average molecular weight is 259 g/mol. The van der Waals surface area contributed by atoms with Crippen molar-refractivity contribution in [2.45, 2.75) is 12.5 Å². The van der Waals surface area contributed by atoms with Crippen molar-refractivity contribution in [3.05, 3.63) is 48.0 Å². The van der Waals surface area contributed by atoms with Gasteiger partial charge in [-0.05, 0) is 35.3 Å². The van der Waals surface area contributed by atoms with E-state index in [1.165, 1.54) is 0 Å². The van der Waals surface area contributed by atoms with Gasteiger partial charge in [-0.2, -0.15) is 11.8 Å². The molecule has 0 saturated heterocycles. The first-order valence-corrected chi connectivity index (χ1v) is 7.39. The highest BCUT2D eigenvalue weighted by atomic mass is 32.2.